The normalized spacial score (nSPS) is 13.3. The first kappa shape index (κ1) is 33.5. The summed E-state index contributed by atoms with van der Waals surface area (Å²) in [5.74, 6) is 0. The molecular weight excluding hydrogens is 775 g/mol. The number of hydrogen-bond donors (Lipinski definition) is 0. The summed E-state index contributed by atoms with van der Waals surface area (Å²) in [5, 5.41) is 0. The number of rotatable bonds is 3. The van der Waals surface area contributed by atoms with E-state index < -0.39 is 0 Å². The molecule has 6 aromatic rings. The fraction of sp³-hybridized carbons (Fsp3) is 0.0667. The first-order valence-corrected chi connectivity index (χ1v) is 16.5. The molecule has 1 radical (unpaired) electrons. The zero-order valence-electron chi connectivity index (χ0n) is 27.3. The molecule has 0 N–H and O–H groups in total. The van der Waals surface area contributed by atoms with E-state index >= 15 is 0 Å². The molecule has 3 aliphatic heterocycles. The molecule has 0 aliphatic carbocycles. The molecule has 0 bridgehead atoms. The van der Waals surface area contributed by atoms with Crippen LogP contribution in [0.1, 0.15) is 33.4 Å². The standard InChI is InChI=1S/3C15H13N.Ir/c3*1-2-8-15(9-3-1)16-11-10-13-6-4-5-7-14(13)12-16;/h3*1-11H,12H2;. The van der Waals surface area contributed by atoms with Gasteiger partial charge in [-0.15, -0.1) is 0 Å². The van der Waals surface area contributed by atoms with E-state index in [9.17, 15) is 0 Å². The van der Waals surface area contributed by atoms with Gasteiger partial charge in [0, 0.05) is 75.4 Å². The number of anilines is 3. The maximum absolute atomic E-state index is 2.27. The minimum Gasteiger partial charge on any atom is -0.344 e. The van der Waals surface area contributed by atoms with Crippen LogP contribution in [0, 0.1) is 0 Å². The Morgan fingerprint density at radius 1 is 0.286 bits per heavy atom. The van der Waals surface area contributed by atoms with Crippen molar-refractivity contribution in [3.05, 3.63) is 216 Å². The van der Waals surface area contributed by atoms with Gasteiger partial charge < -0.3 is 14.7 Å². The van der Waals surface area contributed by atoms with E-state index in [1.165, 1.54) is 50.4 Å². The summed E-state index contributed by atoms with van der Waals surface area (Å²) in [4.78, 5) is 6.80. The van der Waals surface area contributed by atoms with Crippen molar-refractivity contribution in [3.8, 4) is 0 Å². The van der Waals surface area contributed by atoms with E-state index in [-0.39, 0.29) is 20.1 Å². The fourth-order valence-corrected chi connectivity index (χ4v) is 6.13. The molecule has 0 atom stereocenters. The summed E-state index contributed by atoms with van der Waals surface area (Å²) in [7, 11) is 0. The third kappa shape index (κ3) is 8.55. The van der Waals surface area contributed by atoms with E-state index in [2.05, 4.69) is 197 Å². The molecule has 49 heavy (non-hydrogen) atoms. The molecule has 243 valence electrons. The van der Waals surface area contributed by atoms with Crippen molar-refractivity contribution in [1.29, 1.82) is 0 Å². The molecule has 0 amide bonds. The SMILES string of the molecule is C1=CN(c2ccccc2)Cc2ccccc21.C1=CN(c2ccccc2)Cc2ccccc21.C1=CN(c2ccccc2)Cc2ccccc21.[Ir]. The summed E-state index contributed by atoms with van der Waals surface area (Å²) in [6.45, 7) is 2.87. The van der Waals surface area contributed by atoms with Crippen LogP contribution in [0.3, 0.4) is 0 Å². The third-order valence-corrected chi connectivity index (χ3v) is 8.75. The zero-order valence-corrected chi connectivity index (χ0v) is 29.7. The second kappa shape index (κ2) is 16.6. The maximum Gasteiger partial charge on any atom is 0.0481 e. The Labute approximate surface area is 304 Å². The minimum atomic E-state index is 0. The third-order valence-electron chi connectivity index (χ3n) is 8.75. The topological polar surface area (TPSA) is 9.72 Å². The van der Waals surface area contributed by atoms with Crippen molar-refractivity contribution >= 4 is 35.3 Å². The van der Waals surface area contributed by atoms with Crippen molar-refractivity contribution in [2.24, 2.45) is 0 Å². The Morgan fingerprint density at radius 2 is 0.531 bits per heavy atom. The summed E-state index contributed by atoms with van der Waals surface area (Å²) < 4.78 is 0. The summed E-state index contributed by atoms with van der Waals surface area (Å²) in [6.07, 6.45) is 13.0. The summed E-state index contributed by atoms with van der Waals surface area (Å²) in [6, 6.07) is 57.0. The maximum atomic E-state index is 2.27. The Hall–Kier alpha value is -5.41. The molecule has 0 aromatic heterocycles. The van der Waals surface area contributed by atoms with Gasteiger partial charge in [0.05, 0.1) is 0 Å². The van der Waals surface area contributed by atoms with Gasteiger partial charge in [-0.25, -0.2) is 0 Å². The van der Waals surface area contributed by atoms with Gasteiger partial charge in [-0.05, 0) is 88.0 Å². The molecule has 3 nitrogen and oxygen atoms in total. The van der Waals surface area contributed by atoms with Crippen molar-refractivity contribution in [3.63, 3.8) is 0 Å². The van der Waals surface area contributed by atoms with Crippen LogP contribution in [0.5, 0.6) is 0 Å². The van der Waals surface area contributed by atoms with Crippen LogP contribution in [0.25, 0.3) is 18.2 Å². The molecular formula is C45H39IrN3. The largest absolute Gasteiger partial charge is 0.344 e. The van der Waals surface area contributed by atoms with Gasteiger partial charge in [-0.3, -0.25) is 0 Å². The van der Waals surface area contributed by atoms with Crippen LogP contribution in [0.15, 0.2) is 182 Å². The number of benzene rings is 6. The molecule has 0 saturated carbocycles. The molecule has 3 heterocycles. The predicted octanol–water partition coefficient (Wildman–Crippen LogP) is 11.0. The monoisotopic (exact) mass is 814 g/mol. The summed E-state index contributed by atoms with van der Waals surface area (Å²) in [5.41, 5.74) is 11.9. The molecule has 0 spiro atoms. The second-order valence-corrected chi connectivity index (χ2v) is 11.9. The van der Waals surface area contributed by atoms with Crippen molar-refractivity contribution in [2.45, 2.75) is 19.6 Å². The van der Waals surface area contributed by atoms with Crippen molar-refractivity contribution in [1.82, 2.24) is 0 Å². The average Bonchev–Trinajstić information content (AvgIpc) is 3.19. The number of hydrogen-bond acceptors (Lipinski definition) is 3. The van der Waals surface area contributed by atoms with Crippen molar-refractivity contribution < 1.29 is 20.1 Å². The van der Waals surface area contributed by atoms with E-state index in [0.717, 1.165) is 19.6 Å². The van der Waals surface area contributed by atoms with Gasteiger partial charge in [0.1, 0.15) is 0 Å². The number of para-hydroxylation sites is 3. The average molecular weight is 814 g/mol. The van der Waals surface area contributed by atoms with Crippen LogP contribution >= 0.6 is 0 Å². The van der Waals surface area contributed by atoms with Gasteiger partial charge in [0.25, 0.3) is 0 Å². The van der Waals surface area contributed by atoms with Gasteiger partial charge in [0.2, 0.25) is 0 Å². The van der Waals surface area contributed by atoms with Gasteiger partial charge in [-0.2, -0.15) is 0 Å². The molecule has 0 fully saturated rings. The molecule has 3 aliphatic rings. The first-order valence-electron chi connectivity index (χ1n) is 16.5. The summed E-state index contributed by atoms with van der Waals surface area (Å²) >= 11 is 0. The molecule has 4 heteroatoms. The van der Waals surface area contributed by atoms with Crippen molar-refractivity contribution in [2.75, 3.05) is 14.7 Å². The fourth-order valence-electron chi connectivity index (χ4n) is 6.13. The second-order valence-electron chi connectivity index (χ2n) is 11.9. The van der Waals surface area contributed by atoms with Crippen LogP contribution < -0.4 is 14.7 Å². The van der Waals surface area contributed by atoms with E-state index in [0.29, 0.717) is 0 Å². The Balaban J connectivity index is 0.000000126. The Bertz CT molecular complexity index is 1780. The number of fused-ring (bicyclic) bond motifs is 3. The van der Waals surface area contributed by atoms with Gasteiger partial charge in [0.15, 0.2) is 0 Å². The van der Waals surface area contributed by atoms with Crippen LogP contribution in [-0.4, -0.2) is 0 Å². The Morgan fingerprint density at radius 3 is 0.816 bits per heavy atom. The quantitative estimate of drug-likeness (QED) is 0.176. The minimum absolute atomic E-state index is 0. The molecule has 9 rings (SSSR count). The smallest absolute Gasteiger partial charge is 0.0481 e. The molecule has 0 unspecified atom stereocenters. The molecule has 0 saturated heterocycles. The van der Waals surface area contributed by atoms with Crippen LogP contribution in [-0.2, 0) is 39.7 Å². The van der Waals surface area contributed by atoms with E-state index in [1.54, 1.807) is 0 Å². The van der Waals surface area contributed by atoms with Crippen LogP contribution in [0.4, 0.5) is 17.1 Å². The zero-order chi connectivity index (χ0) is 32.4. The predicted molar refractivity (Wildman–Crippen MR) is 204 cm³/mol. The number of nitrogens with zero attached hydrogens (tertiary/aromatic N) is 3. The van der Waals surface area contributed by atoms with Gasteiger partial charge in [-0.1, -0.05) is 127 Å². The van der Waals surface area contributed by atoms with Crippen LogP contribution in [0.2, 0.25) is 0 Å². The van der Waals surface area contributed by atoms with E-state index in [4.69, 9.17) is 0 Å². The van der Waals surface area contributed by atoms with Gasteiger partial charge >= 0.3 is 0 Å². The molecule has 6 aromatic carbocycles. The van der Waals surface area contributed by atoms with E-state index in [1.807, 2.05) is 18.2 Å². The Kier molecular flexibility index (Phi) is 11.4. The first-order chi connectivity index (χ1) is 23.8.